The molecule has 0 aliphatic carbocycles. The standard InChI is InChI=1S/C12H13ClN2O3/c13-8-5-11(16)15(7-8)10(12(17)18)6-9-3-1-2-4-14-9/h1-4,8,10H,5-7H2,(H,17,18)/t8?,10-/m0/s1. The quantitative estimate of drug-likeness (QED) is 0.825. The van der Waals surface area contributed by atoms with Crippen molar-refractivity contribution < 1.29 is 14.7 Å². The molecule has 1 fully saturated rings. The number of carbonyl (C=O) groups excluding carboxylic acids is 1. The summed E-state index contributed by atoms with van der Waals surface area (Å²) in [5.41, 5.74) is 0.649. The molecule has 1 saturated heterocycles. The maximum Gasteiger partial charge on any atom is 0.326 e. The van der Waals surface area contributed by atoms with Crippen molar-refractivity contribution >= 4 is 23.5 Å². The molecule has 1 aromatic rings. The number of carboxylic acid groups (broad SMARTS) is 1. The van der Waals surface area contributed by atoms with E-state index in [0.717, 1.165) is 0 Å². The molecule has 18 heavy (non-hydrogen) atoms. The highest BCUT2D eigenvalue weighted by Crippen LogP contribution is 2.20. The minimum Gasteiger partial charge on any atom is -0.480 e. The van der Waals surface area contributed by atoms with E-state index in [0.29, 0.717) is 5.69 Å². The van der Waals surface area contributed by atoms with E-state index in [9.17, 15) is 14.7 Å². The highest BCUT2D eigenvalue weighted by molar-refractivity contribution is 6.22. The van der Waals surface area contributed by atoms with Crippen LogP contribution in [0.3, 0.4) is 0 Å². The van der Waals surface area contributed by atoms with Crippen LogP contribution < -0.4 is 0 Å². The number of aliphatic carboxylic acids is 1. The van der Waals surface area contributed by atoms with E-state index in [1.165, 1.54) is 4.90 Å². The Morgan fingerprint density at radius 1 is 1.61 bits per heavy atom. The van der Waals surface area contributed by atoms with E-state index in [1.54, 1.807) is 24.4 Å². The summed E-state index contributed by atoms with van der Waals surface area (Å²) in [5.74, 6) is -1.24. The van der Waals surface area contributed by atoms with Crippen molar-refractivity contribution in [1.29, 1.82) is 0 Å². The van der Waals surface area contributed by atoms with Gasteiger partial charge in [0.25, 0.3) is 0 Å². The maximum atomic E-state index is 11.7. The average Bonchev–Trinajstić information content (AvgIpc) is 2.66. The van der Waals surface area contributed by atoms with E-state index in [-0.39, 0.29) is 30.7 Å². The summed E-state index contributed by atoms with van der Waals surface area (Å²) in [5, 5.41) is 8.93. The molecule has 1 aliphatic rings. The van der Waals surface area contributed by atoms with Gasteiger partial charge in [0.1, 0.15) is 6.04 Å². The summed E-state index contributed by atoms with van der Waals surface area (Å²) in [6.07, 6.45) is 2.00. The van der Waals surface area contributed by atoms with Crippen LogP contribution in [0.25, 0.3) is 0 Å². The average molecular weight is 269 g/mol. The zero-order valence-electron chi connectivity index (χ0n) is 9.62. The minimum absolute atomic E-state index is 0.200. The molecular weight excluding hydrogens is 256 g/mol. The molecule has 96 valence electrons. The third-order valence-electron chi connectivity index (χ3n) is 2.90. The van der Waals surface area contributed by atoms with Crippen LogP contribution in [-0.4, -0.2) is 44.8 Å². The number of hydrogen-bond donors (Lipinski definition) is 1. The number of hydrogen-bond acceptors (Lipinski definition) is 3. The molecule has 1 aromatic heterocycles. The summed E-state index contributed by atoms with van der Waals surface area (Å²) in [6.45, 7) is 0.282. The van der Waals surface area contributed by atoms with Gasteiger partial charge >= 0.3 is 5.97 Å². The summed E-state index contributed by atoms with van der Waals surface area (Å²) < 4.78 is 0. The lowest BCUT2D eigenvalue weighted by Crippen LogP contribution is -2.44. The first-order chi connectivity index (χ1) is 8.58. The number of halogens is 1. The summed E-state index contributed by atoms with van der Waals surface area (Å²) in [7, 11) is 0. The van der Waals surface area contributed by atoms with Crippen LogP contribution in [0, 0.1) is 0 Å². The van der Waals surface area contributed by atoms with Crippen LogP contribution in [-0.2, 0) is 16.0 Å². The molecular formula is C12H13ClN2O3. The molecule has 5 nitrogen and oxygen atoms in total. The van der Waals surface area contributed by atoms with Gasteiger partial charge in [-0.2, -0.15) is 0 Å². The van der Waals surface area contributed by atoms with E-state index >= 15 is 0 Å². The van der Waals surface area contributed by atoms with Crippen LogP contribution in [0.2, 0.25) is 0 Å². The molecule has 2 heterocycles. The second-order valence-corrected chi connectivity index (χ2v) is 4.84. The van der Waals surface area contributed by atoms with E-state index in [4.69, 9.17) is 11.6 Å². The van der Waals surface area contributed by atoms with E-state index in [2.05, 4.69) is 4.98 Å². The fourth-order valence-electron chi connectivity index (χ4n) is 2.04. The Hall–Kier alpha value is -1.62. The molecule has 0 aromatic carbocycles. The monoisotopic (exact) mass is 268 g/mol. The third-order valence-corrected chi connectivity index (χ3v) is 3.19. The van der Waals surface area contributed by atoms with Gasteiger partial charge < -0.3 is 10.0 Å². The van der Waals surface area contributed by atoms with Crippen LogP contribution in [0.5, 0.6) is 0 Å². The lowest BCUT2D eigenvalue weighted by molar-refractivity contribution is -0.148. The van der Waals surface area contributed by atoms with Crippen LogP contribution in [0.4, 0.5) is 0 Å². The lowest BCUT2D eigenvalue weighted by Gasteiger charge is -2.23. The highest BCUT2D eigenvalue weighted by Gasteiger charge is 2.37. The van der Waals surface area contributed by atoms with Gasteiger partial charge in [-0.15, -0.1) is 11.6 Å². The first-order valence-electron chi connectivity index (χ1n) is 5.64. The van der Waals surface area contributed by atoms with Crippen LogP contribution in [0.15, 0.2) is 24.4 Å². The Balaban J connectivity index is 2.14. The van der Waals surface area contributed by atoms with Crippen molar-refractivity contribution in [3.8, 4) is 0 Å². The van der Waals surface area contributed by atoms with Gasteiger partial charge in [-0.05, 0) is 12.1 Å². The van der Waals surface area contributed by atoms with Crippen molar-refractivity contribution in [2.75, 3.05) is 6.54 Å². The molecule has 0 spiro atoms. The van der Waals surface area contributed by atoms with Gasteiger partial charge in [0.05, 0.1) is 5.38 Å². The van der Waals surface area contributed by atoms with Crippen molar-refractivity contribution in [1.82, 2.24) is 9.88 Å². The number of nitrogens with zero attached hydrogens (tertiary/aromatic N) is 2. The number of rotatable bonds is 4. The zero-order chi connectivity index (χ0) is 13.1. The van der Waals surface area contributed by atoms with Gasteiger partial charge in [-0.1, -0.05) is 6.07 Å². The topological polar surface area (TPSA) is 70.5 Å². The molecule has 2 atom stereocenters. The van der Waals surface area contributed by atoms with Crippen LogP contribution >= 0.6 is 11.6 Å². The first kappa shape index (κ1) is 12.8. The summed E-state index contributed by atoms with van der Waals surface area (Å²) in [6, 6.07) is 4.40. The van der Waals surface area contributed by atoms with Gasteiger partial charge in [0.15, 0.2) is 0 Å². The number of aromatic nitrogens is 1. The number of amides is 1. The molecule has 1 unspecified atom stereocenters. The molecule has 1 aliphatic heterocycles. The van der Waals surface area contributed by atoms with Crippen molar-refractivity contribution in [2.45, 2.75) is 24.3 Å². The minimum atomic E-state index is -1.03. The second kappa shape index (κ2) is 5.35. The van der Waals surface area contributed by atoms with Crippen LogP contribution in [0.1, 0.15) is 12.1 Å². The lowest BCUT2D eigenvalue weighted by atomic mass is 10.1. The van der Waals surface area contributed by atoms with Crippen molar-refractivity contribution in [3.63, 3.8) is 0 Å². The molecule has 2 rings (SSSR count). The normalized spacial score (nSPS) is 21.1. The van der Waals surface area contributed by atoms with Gasteiger partial charge in [-0.25, -0.2) is 4.79 Å². The third kappa shape index (κ3) is 2.79. The van der Waals surface area contributed by atoms with Gasteiger partial charge in [0, 0.05) is 31.3 Å². The summed E-state index contributed by atoms with van der Waals surface area (Å²) in [4.78, 5) is 28.4. The number of carbonyl (C=O) groups is 2. The fourth-order valence-corrected chi connectivity index (χ4v) is 2.32. The van der Waals surface area contributed by atoms with Gasteiger partial charge in [-0.3, -0.25) is 9.78 Å². The predicted molar refractivity (Wildman–Crippen MR) is 65.3 cm³/mol. The van der Waals surface area contributed by atoms with E-state index in [1.807, 2.05) is 0 Å². The Morgan fingerprint density at radius 2 is 2.39 bits per heavy atom. The molecule has 1 N–H and O–H groups in total. The van der Waals surface area contributed by atoms with Crippen molar-refractivity contribution in [2.24, 2.45) is 0 Å². The Bertz CT molecular complexity index is 452. The molecule has 6 heteroatoms. The molecule has 0 radical (unpaired) electrons. The molecule has 0 bridgehead atoms. The number of carboxylic acids is 1. The number of pyridine rings is 1. The van der Waals surface area contributed by atoms with Gasteiger partial charge in [0.2, 0.25) is 5.91 Å². The number of alkyl halides is 1. The second-order valence-electron chi connectivity index (χ2n) is 4.23. The van der Waals surface area contributed by atoms with E-state index < -0.39 is 12.0 Å². The summed E-state index contributed by atoms with van der Waals surface area (Å²) >= 11 is 5.88. The Kier molecular flexibility index (Phi) is 3.81. The smallest absolute Gasteiger partial charge is 0.326 e. The van der Waals surface area contributed by atoms with Crippen molar-refractivity contribution in [3.05, 3.63) is 30.1 Å². The number of likely N-dealkylation sites (tertiary alicyclic amines) is 1. The Morgan fingerprint density at radius 3 is 2.89 bits per heavy atom. The fraction of sp³-hybridized carbons (Fsp3) is 0.417. The zero-order valence-corrected chi connectivity index (χ0v) is 10.4. The largest absolute Gasteiger partial charge is 0.480 e. The predicted octanol–water partition coefficient (Wildman–Crippen LogP) is 0.917. The molecule has 1 amide bonds. The first-order valence-corrected chi connectivity index (χ1v) is 6.08. The maximum absolute atomic E-state index is 11.7. The SMILES string of the molecule is O=C(O)[C@H](Cc1ccccn1)N1CC(Cl)CC1=O. The molecule has 0 saturated carbocycles. The highest BCUT2D eigenvalue weighted by atomic mass is 35.5. The Labute approximate surface area is 109 Å².